The molecule has 1 aromatic carbocycles. The van der Waals surface area contributed by atoms with Crippen LogP contribution in [0.1, 0.15) is 22.0 Å². The monoisotopic (exact) mass is 341 g/mol. The lowest BCUT2D eigenvalue weighted by Gasteiger charge is -2.34. The second-order valence-corrected chi connectivity index (χ2v) is 6.26. The van der Waals surface area contributed by atoms with Gasteiger partial charge in [0.05, 0.1) is 11.6 Å². The number of nitrogens with one attached hydrogen (secondary N) is 1. The number of benzene rings is 1. The Kier molecular flexibility index (Phi) is 3.92. The van der Waals surface area contributed by atoms with Gasteiger partial charge in [-0.15, -0.1) is 10.2 Å². The summed E-state index contributed by atoms with van der Waals surface area (Å²) in [6.45, 7) is 2.04. The molecule has 3 aromatic rings. The molecule has 1 atom stereocenters. The molecule has 0 spiro atoms. The number of carbonyl (C=O) groups is 1. The van der Waals surface area contributed by atoms with Crippen LogP contribution in [0.15, 0.2) is 48.9 Å². The van der Waals surface area contributed by atoms with Crippen molar-refractivity contribution in [2.45, 2.75) is 6.04 Å². The van der Waals surface area contributed by atoms with Gasteiger partial charge in [-0.1, -0.05) is 23.7 Å². The molecule has 1 aliphatic rings. The molecule has 1 N–H and O–H groups in total. The zero-order chi connectivity index (χ0) is 16.5. The first-order chi connectivity index (χ1) is 11.7. The fourth-order valence-electron chi connectivity index (χ4n) is 3.02. The fourth-order valence-corrected chi connectivity index (χ4v) is 3.22. The Hall–Kier alpha value is -2.44. The molecule has 2 aromatic heterocycles. The Labute approximate surface area is 144 Å². The summed E-state index contributed by atoms with van der Waals surface area (Å²) < 4.78 is 1.75. The fraction of sp³-hybridized carbons (Fsp3) is 0.235. The molecule has 7 heteroatoms. The maximum Gasteiger partial charge on any atom is 0.255 e. The summed E-state index contributed by atoms with van der Waals surface area (Å²) in [6, 6.07) is 11.4. The zero-order valence-electron chi connectivity index (χ0n) is 12.9. The van der Waals surface area contributed by atoms with Gasteiger partial charge in [0.25, 0.3) is 5.91 Å². The largest absolute Gasteiger partial charge is 0.335 e. The number of carbonyl (C=O) groups excluding carboxylic acids is 1. The van der Waals surface area contributed by atoms with E-state index in [1.165, 1.54) is 0 Å². The third kappa shape index (κ3) is 2.86. The number of hydrogen-bond donors (Lipinski definition) is 1. The third-order valence-corrected chi connectivity index (χ3v) is 4.49. The van der Waals surface area contributed by atoms with Crippen molar-refractivity contribution in [2.24, 2.45) is 0 Å². The Morgan fingerprint density at radius 2 is 2.21 bits per heavy atom. The summed E-state index contributed by atoms with van der Waals surface area (Å²) in [7, 11) is 0. The molecule has 0 aliphatic carbocycles. The van der Waals surface area contributed by atoms with Crippen molar-refractivity contribution in [1.82, 2.24) is 24.8 Å². The number of amides is 1. The number of nitrogens with zero attached hydrogens (tertiary/aromatic N) is 4. The maximum atomic E-state index is 12.8. The molecule has 4 rings (SSSR count). The van der Waals surface area contributed by atoms with E-state index < -0.39 is 0 Å². The zero-order valence-corrected chi connectivity index (χ0v) is 13.6. The van der Waals surface area contributed by atoms with E-state index >= 15 is 0 Å². The van der Waals surface area contributed by atoms with E-state index in [-0.39, 0.29) is 11.9 Å². The molecule has 0 bridgehead atoms. The average Bonchev–Trinajstić information content (AvgIpc) is 3.09. The first-order valence-electron chi connectivity index (χ1n) is 7.78. The summed E-state index contributed by atoms with van der Waals surface area (Å²) in [5.74, 6) is 0.0131. The lowest BCUT2D eigenvalue weighted by Crippen LogP contribution is -2.48. The third-order valence-electron chi connectivity index (χ3n) is 4.25. The van der Waals surface area contributed by atoms with E-state index in [1.54, 1.807) is 29.1 Å². The van der Waals surface area contributed by atoms with Crippen LogP contribution in [0.25, 0.3) is 5.65 Å². The van der Waals surface area contributed by atoms with E-state index in [0.717, 1.165) is 17.8 Å². The summed E-state index contributed by atoms with van der Waals surface area (Å²) in [5, 5.41) is 11.9. The predicted octanol–water partition coefficient (Wildman–Crippen LogP) is 2.17. The first kappa shape index (κ1) is 15.1. The highest BCUT2D eigenvalue weighted by atomic mass is 35.5. The van der Waals surface area contributed by atoms with Crippen LogP contribution in [-0.4, -0.2) is 45.0 Å². The number of halogens is 1. The van der Waals surface area contributed by atoms with Crippen LogP contribution >= 0.6 is 11.6 Å². The van der Waals surface area contributed by atoms with Gasteiger partial charge in [0.2, 0.25) is 0 Å². The van der Waals surface area contributed by atoms with Crippen LogP contribution in [0.3, 0.4) is 0 Å². The van der Waals surface area contributed by atoms with Gasteiger partial charge in [0.15, 0.2) is 5.65 Å². The summed E-state index contributed by atoms with van der Waals surface area (Å²) in [5.41, 5.74) is 2.45. The van der Waals surface area contributed by atoms with Gasteiger partial charge in [0.1, 0.15) is 6.33 Å². The van der Waals surface area contributed by atoms with Crippen LogP contribution < -0.4 is 5.32 Å². The van der Waals surface area contributed by atoms with Gasteiger partial charge < -0.3 is 10.2 Å². The van der Waals surface area contributed by atoms with Crippen LogP contribution in [0, 0.1) is 0 Å². The minimum atomic E-state index is 0.0131. The molecule has 3 heterocycles. The molecule has 122 valence electrons. The Balaban J connectivity index is 1.55. The number of rotatable bonds is 2. The Morgan fingerprint density at radius 3 is 3.08 bits per heavy atom. The van der Waals surface area contributed by atoms with Gasteiger partial charge in [0, 0.05) is 30.9 Å². The van der Waals surface area contributed by atoms with Gasteiger partial charge in [-0.05, 0) is 29.8 Å². The minimum Gasteiger partial charge on any atom is -0.335 e. The van der Waals surface area contributed by atoms with Crippen LogP contribution in [0.2, 0.25) is 5.02 Å². The van der Waals surface area contributed by atoms with Crippen molar-refractivity contribution in [3.05, 3.63) is 65.1 Å². The topological polar surface area (TPSA) is 62.5 Å². The van der Waals surface area contributed by atoms with E-state index in [2.05, 4.69) is 15.5 Å². The van der Waals surface area contributed by atoms with E-state index in [1.807, 2.05) is 29.2 Å². The lowest BCUT2D eigenvalue weighted by atomic mass is 10.0. The molecule has 1 amide bonds. The van der Waals surface area contributed by atoms with E-state index in [4.69, 9.17) is 11.6 Å². The molecular weight excluding hydrogens is 326 g/mol. The standard InChI is InChI=1S/C17H16ClN5O/c18-14-3-1-2-12(8-14)15-10-22(7-6-19-15)17(24)13-4-5-16-21-20-11-23(16)9-13/h1-5,8-9,11,15,19H,6-7,10H2. The summed E-state index contributed by atoms with van der Waals surface area (Å²) in [4.78, 5) is 14.7. The normalized spacial score (nSPS) is 18.0. The second kappa shape index (κ2) is 6.22. The quantitative estimate of drug-likeness (QED) is 0.776. The van der Waals surface area contributed by atoms with E-state index in [9.17, 15) is 4.79 Å². The molecule has 1 aliphatic heterocycles. The van der Waals surface area contributed by atoms with Gasteiger partial charge in [-0.3, -0.25) is 9.20 Å². The first-order valence-corrected chi connectivity index (χ1v) is 8.16. The lowest BCUT2D eigenvalue weighted by molar-refractivity contribution is 0.0702. The molecule has 6 nitrogen and oxygen atoms in total. The second-order valence-electron chi connectivity index (χ2n) is 5.83. The Morgan fingerprint density at radius 1 is 1.29 bits per heavy atom. The molecule has 24 heavy (non-hydrogen) atoms. The molecule has 0 saturated carbocycles. The molecule has 1 fully saturated rings. The number of aromatic nitrogens is 3. The van der Waals surface area contributed by atoms with Crippen LogP contribution in [-0.2, 0) is 0 Å². The van der Waals surface area contributed by atoms with Gasteiger partial charge in [-0.2, -0.15) is 0 Å². The molecule has 1 saturated heterocycles. The van der Waals surface area contributed by atoms with E-state index in [0.29, 0.717) is 23.7 Å². The number of hydrogen-bond acceptors (Lipinski definition) is 4. The smallest absolute Gasteiger partial charge is 0.255 e. The van der Waals surface area contributed by atoms with Gasteiger partial charge >= 0.3 is 0 Å². The van der Waals surface area contributed by atoms with Crippen molar-refractivity contribution < 1.29 is 4.79 Å². The highest BCUT2D eigenvalue weighted by Crippen LogP contribution is 2.21. The van der Waals surface area contributed by atoms with Crippen molar-refractivity contribution in [1.29, 1.82) is 0 Å². The Bertz CT molecular complexity index is 893. The van der Waals surface area contributed by atoms with Crippen molar-refractivity contribution >= 4 is 23.2 Å². The highest BCUT2D eigenvalue weighted by Gasteiger charge is 2.25. The van der Waals surface area contributed by atoms with Crippen LogP contribution in [0.4, 0.5) is 0 Å². The summed E-state index contributed by atoms with van der Waals surface area (Å²) in [6.07, 6.45) is 3.37. The van der Waals surface area contributed by atoms with Crippen LogP contribution in [0.5, 0.6) is 0 Å². The minimum absolute atomic E-state index is 0.0131. The maximum absolute atomic E-state index is 12.8. The highest BCUT2D eigenvalue weighted by molar-refractivity contribution is 6.30. The predicted molar refractivity (Wildman–Crippen MR) is 91.1 cm³/mol. The average molecular weight is 342 g/mol. The number of piperazine rings is 1. The molecule has 0 radical (unpaired) electrons. The van der Waals surface area contributed by atoms with Crippen molar-refractivity contribution in [3.8, 4) is 0 Å². The number of pyridine rings is 1. The summed E-state index contributed by atoms with van der Waals surface area (Å²) >= 11 is 6.08. The molecule has 1 unspecified atom stereocenters. The SMILES string of the molecule is O=C(c1ccc2nncn2c1)N1CCNC(c2cccc(Cl)c2)C1. The van der Waals surface area contributed by atoms with Crippen molar-refractivity contribution in [3.63, 3.8) is 0 Å². The number of fused-ring (bicyclic) bond motifs is 1. The van der Waals surface area contributed by atoms with Crippen molar-refractivity contribution in [2.75, 3.05) is 19.6 Å². The molecular formula is C17H16ClN5O. The van der Waals surface area contributed by atoms with Gasteiger partial charge in [-0.25, -0.2) is 0 Å².